The van der Waals surface area contributed by atoms with Crippen LogP contribution < -0.4 is 0 Å². The van der Waals surface area contributed by atoms with E-state index in [1.807, 2.05) is 0 Å². The minimum Gasteiger partial charge on any atom is -0.443 e. The van der Waals surface area contributed by atoms with Gasteiger partial charge in [-0.15, -0.1) is 0 Å². The quantitative estimate of drug-likeness (QED) is 0.453. The molecule has 0 aromatic heterocycles. The highest BCUT2D eigenvalue weighted by Gasteiger charge is 2.63. The molecule has 2 unspecified atom stereocenters. The molecule has 0 bridgehead atoms. The normalized spacial score (nSPS) is 22.1. The van der Waals surface area contributed by atoms with Crippen LogP contribution in [0.4, 0.5) is 22.0 Å². The first-order chi connectivity index (χ1) is 8.56. The fraction of sp³-hybridized carbons (Fsp3) is 0.727. The molecular weight excluding hydrogens is 275 g/mol. The van der Waals surface area contributed by atoms with Crippen LogP contribution in [0.2, 0.25) is 0 Å². The van der Waals surface area contributed by atoms with E-state index in [1.54, 1.807) is 0 Å². The van der Waals surface area contributed by atoms with E-state index in [9.17, 15) is 26.7 Å². The second kappa shape index (κ2) is 5.44. The van der Waals surface area contributed by atoms with Crippen LogP contribution in [0.15, 0.2) is 12.2 Å². The van der Waals surface area contributed by atoms with E-state index >= 15 is 0 Å². The van der Waals surface area contributed by atoms with E-state index in [0.717, 1.165) is 6.92 Å². The molecule has 1 saturated heterocycles. The summed E-state index contributed by atoms with van der Waals surface area (Å²) in [5.41, 5.74) is -0.391. The molecule has 110 valence electrons. The zero-order valence-electron chi connectivity index (χ0n) is 10.1. The molecular formula is C11H13F5O3. The molecule has 0 amide bonds. The summed E-state index contributed by atoms with van der Waals surface area (Å²) in [5, 5.41) is 0. The lowest BCUT2D eigenvalue weighted by Gasteiger charge is -2.31. The van der Waals surface area contributed by atoms with Crippen LogP contribution in [0.1, 0.15) is 19.8 Å². The van der Waals surface area contributed by atoms with Gasteiger partial charge in [0.05, 0.1) is 0 Å². The van der Waals surface area contributed by atoms with Gasteiger partial charge in [-0.3, -0.25) is 0 Å². The molecule has 0 N–H and O–H groups in total. The second-order valence-electron chi connectivity index (χ2n) is 4.28. The Bertz CT molecular complexity index is 358. The summed E-state index contributed by atoms with van der Waals surface area (Å²) in [4.78, 5) is 11.1. The molecule has 1 rings (SSSR count). The van der Waals surface area contributed by atoms with Crippen molar-refractivity contribution in [1.29, 1.82) is 0 Å². The van der Waals surface area contributed by atoms with Crippen molar-refractivity contribution < 1.29 is 36.2 Å². The lowest BCUT2D eigenvalue weighted by Crippen LogP contribution is -2.54. The fourth-order valence-corrected chi connectivity index (χ4v) is 1.62. The zero-order valence-corrected chi connectivity index (χ0v) is 10.1. The van der Waals surface area contributed by atoms with E-state index in [1.165, 1.54) is 0 Å². The smallest absolute Gasteiger partial charge is 0.431 e. The first kappa shape index (κ1) is 15.9. The average Bonchev–Trinajstić information content (AvgIpc) is 2.77. The van der Waals surface area contributed by atoms with Crippen molar-refractivity contribution in [2.24, 2.45) is 0 Å². The third-order valence-electron chi connectivity index (χ3n) is 2.58. The maximum atomic E-state index is 13.8. The van der Waals surface area contributed by atoms with Crippen LogP contribution in [-0.4, -0.2) is 36.9 Å². The van der Waals surface area contributed by atoms with Gasteiger partial charge in [-0.25, -0.2) is 4.79 Å². The summed E-state index contributed by atoms with van der Waals surface area (Å²) < 4.78 is 73.9. The van der Waals surface area contributed by atoms with Gasteiger partial charge in [0.25, 0.3) is 6.10 Å². The molecule has 0 radical (unpaired) electrons. The SMILES string of the molecule is C=C(C)C(=O)OC(C(F)(F)F)C(F)(F)C1CCCO1. The van der Waals surface area contributed by atoms with Crippen LogP contribution in [0.5, 0.6) is 0 Å². The molecule has 1 aliphatic heterocycles. The largest absolute Gasteiger partial charge is 0.443 e. The molecule has 1 heterocycles. The van der Waals surface area contributed by atoms with E-state index in [4.69, 9.17) is 0 Å². The first-order valence-electron chi connectivity index (χ1n) is 5.49. The molecule has 0 spiro atoms. The van der Waals surface area contributed by atoms with Crippen LogP contribution in [0.25, 0.3) is 0 Å². The van der Waals surface area contributed by atoms with Crippen LogP contribution in [-0.2, 0) is 14.3 Å². The first-order valence-corrected chi connectivity index (χ1v) is 5.49. The predicted octanol–water partition coefficient (Wildman–Crippen LogP) is 2.85. The Labute approximate surface area is 106 Å². The molecule has 19 heavy (non-hydrogen) atoms. The Balaban J connectivity index is 2.96. The molecule has 0 aliphatic carbocycles. The topological polar surface area (TPSA) is 35.5 Å². The van der Waals surface area contributed by atoms with Gasteiger partial charge in [-0.05, 0) is 19.8 Å². The van der Waals surface area contributed by atoms with E-state index < -0.39 is 35.8 Å². The number of hydrogen-bond donors (Lipinski definition) is 0. The van der Waals surface area contributed by atoms with Gasteiger partial charge in [0.1, 0.15) is 6.10 Å². The maximum Gasteiger partial charge on any atom is 0.431 e. The van der Waals surface area contributed by atoms with Gasteiger partial charge in [0.15, 0.2) is 0 Å². The summed E-state index contributed by atoms with van der Waals surface area (Å²) in [5.74, 6) is -5.85. The molecule has 8 heteroatoms. The van der Waals surface area contributed by atoms with Crippen molar-refractivity contribution >= 4 is 5.97 Å². The van der Waals surface area contributed by atoms with E-state index in [0.29, 0.717) is 0 Å². The Morgan fingerprint density at radius 3 is 2.32 bits per heavy atom. The summed E-state index contributed by atoms with van der Waals surface area (Å²) in [7, 11) is 0. The highest BCUT2D eigenvalue weighted by Crippen LogP contribution is 2.41. The Kier molecular flexibility index (Phi) is 4.54. The predicted molar refractivity (Wildman–Crippen MR) is 54.7 cm³/mol. The number of hydrogen-bond acceptors (Lipinski definition) is 3. The molecule has 0 aromatic rings. The molecule has 2 atom stereocenters. The zero-order chi connectivity index (χ0) is 14.8. The Hall–Kier alpha value is -1.18. The molecule has 0 saturated carbocycles. The highest BCUT2D eigenvalue weighted by atomic mass is 19.4. The van der Waals surface area contributed by atoms with Gasteiger partial charge in [0.2, 0.25) is 0 Å². The number of carbonyl (C=O) groups excluding carboxylic acids is 1. The van der Waals surface area contributed by atoms with Crippen molar-refractivity contribution in [2.45, 2.75) is 44.1 Å². The number of esters is 1. The van der Waals surface area contributed by atoms with Gasteiger partial charge >= 0.3 is 18.1 Å². The Morgan fingerprint density at radius 1 is 1.37 bits per heavy atom. The summed E-state index contributed by atoms with van der Waals surface area (Å²) >= 11 is 0. The minimum atomic E-state index is -5.39. The van der Waals surface area contributed by atoms with Crippen molar-refractivity contribution in [3.63, 3.8) is 0 Å². The maximum absolute atomic E-state index is 13.8. The lowest BCUT2D eigenvalue weighted by atomic mass is 10.0. The van der Waals surface area contributed by atoms with Gasteiger partial charge in [-0.1, -0.05) is 6.58 Å². The van der Waals surface area contributed by atoms with Crippen LogP contribution in [0, 0.1) is 0 Å². The molecule has 3 nitrogen and oxygen atoms in total. The molecule has 1 aliphatic rings. The van der Waals surface area contributed by atoms with Gasteiger partial charge < -0.3 is 9.47 Å². The van der Waals surface area contributed by atoms with E-state index in [2.05, 4.69) is 16.1 Å². The minimum absolute atomic E-state index is 0.0424. The van der Waals surface area contributed by atoms with Crippen molar-refractivity contribution in [1.82, 2.24) is 0 Å². The fourth-order valence-electron chi connectivity index (χ4n) is 1.62. The molecule has 0 aromatic carbocycles. The van der Waals surface area contributed by atoms with E-state index in [-0.39, 0.29) is 19.4 Å². The standard InChI is InChI=1S/C11H13F5O3/c1-6(2)8(17)19-9(11(14,15)16)10(12,13)7-4-3-5-18-7/h7,9H,1,3-5H2,2H3. The number of rotatable bonds is 4. The van der Waals surface area contributed by atoms with Crippen molar-refractivity contribution in [3.8, 4) is 0 Å². The van der Waals surface area contributed by atoms with Crippen LogP contribution >= 0.6 is 0 Å². The third kappa shape index (κ3) is 3.65. The van der Waals surface area contributed by atoms with Crippen molar-refractivity contribution in [2.75, 3.05) is 6.61 Å². The van der Waals surface area contributed by atoms with Crippen LogP contribution in [0.3, 0.4) is 0 Å². The number of ether oxygens (including phenoxy) is 2. The Morgan fingerprint density at radius 2 is 1.95 bits per heavy atom. The number of alkyl halides is 5. The van der Waals surface area contributed by atoms with Gasteiger partial charge in [-0.2, -0.15) is 22.0 Å². The number of carbonyl (C=O) groups is 1. The summed E-state index contributed by atoms with van der Waals surface area (Å²) in [6.07, 6.45) is -10.8. The average molecular weight is 288 g/mol. The van der Waals surface area contributed by atoms with Gasteiger partial charge in [0, 0.05) is 12.2 Å². The monoisotopic (exact) mass is 288 g/mol. The molecule has 1 fully saturated rings. The summed E-state index contributed by atoms with van der Waals surface area (Å²) in [6.45, 7) is 4.08. The third-order valence-corrected chi connectivity index (χ3v) is 2.58. The highest BCUT2D eigenvalue weighted by molar-refractivity contribution is 5.87. The number of halogens is 5. The van der Waals surface area contributed by atoms with Crippen molar-refractivity contribution in [3.05, 3.63) is 12.2 Å². The second-order valence-corrected chi connectivity index (χ2v) is 4.28. The lowest BCUT2D eigenvalue weighted by molar-refractivity contribution is -0.295. The summed E-state index contributed by atoms with van der Waals surface area (Å²) in [6, 6.07) is 0.